The number of nitrogens with one attached hydrogen (secondary N) is 1. The van der Waals surface area contributed by atoms with E-state index in [-0.39, 0.29) is 24.2 Å². The number of rotatable bonds is 6. The zero-order chi connectivity index (χ0) is 18.7. The number of hydrogen-bond donors (Lipinski definition) is 1. The number of hydrogen-bond acceptors (Lipinski definition) is 4. The fourth-order valence-electron chi connectivity index (χ4n) is 3.53. The van der Waals surface area contributed by atoms with Crippen LogP contribution in [0.1, 0.15) is 13.8 Å². The first kappa shape index (κ1) is 18.7. The number of carbonyl (C=O) groups excluding carboxylic acids is 1. The largest absolute Gasteiger partial charge is 0.374 e. The Morgan fingerprint density at radius 1 is 1.31 bits per heavy atom. The highest BCUT2D eigenvalue weighted by atomic mass is 16.5. The number of imidazole rings is 1. The van der Waals surface area contributed by atoms with E-state index >= 15 is 0 Å². The molecule has 1 unspecified atom stereocenters. The molecule has 2 heterocycles. The van der Waals surface area contributed by atoms with E-state index in [9.17, 15) is 9.59 Å². The maximum atomic E-state index is 12.4. The summed E-state index contributed by atoms with van der Waals surface area (Å²) in [5.41, 5.74) is 1.41. The molecule has 7 heteroatoms. The zero-order valence-electron chi connectivity index (χ0n) is 15.8. The number of ether oxygens (including phenoxy) is 1. The van der Waals surface area contributed by atoms with Crippen LogP contribution in [0.5, 0.6) is 0 Å². The molecule has 1 aliphatic rings. The second kappa shape index (κ2) is 8.05. The van der Waals surface area contributed by atoms with E-state index in [0.29, 0.717) is 19.1 Å². The second-order valence-corrected chi connectivity index (χ2v) is 7.37. The van der Waals surface area contributed by atoms with Crippen molar-refractivity contribution < 1.29 is 9.53 Å². The average molecular weight is 360 g/mol. The van der Waals surface area contributed by atoms with Gasteiger partial charge in [0.25, 0.3) is 0 Å². The summed E-state index contributed by atoms with van der Waals surface area (Å²) in [5.74, 6) is 0.439. The van der Waals surface area contributed by atoms with E-state index in [1.165, 1.54) is 4.57 Å². The fourth-order valence-corrected chi connectivity index (χ4v) is 3.53. The van der Waals surface area contributed by atoms with Crippen molar-refractivity contribution in [3.05, 3.63) is 34.7 Å². The maximum absolute atomic E-state index is 12.4. The molecule has 1 N–H and O–H groups in total. The molecule has 0 saturated carbocycles. The standard InChI is InChI=1S/C19H28N4O3/c1-14(2)11-22-8-9-26-15(12-22)10-20-18(24)13-23-17-7-5-4-6-16(17)21(3)19(23)25/h4-7,14-15H,8-13H2,1-3H3,(H,20,24). The van der Waals surface area contributed by atoms with Crippen molar-refractivity contribution in [1.29, 1.82) is 0 Å². The fraction of sp³-hybridized carbons (Fsp3) is 0.579. The van der Waals surface area contributed by atoms with Gasteiger partial charge in [-0.3, -0.25) is 18.8 Å². The Morgan fingerprint density at radius 3 is 2.77 bits per heavy atom. The first-order valence-corrected chi connectivity index (χ1v) is 9.20. The molecular weight excluding hydrogens is 332 g/mol. The molecule has 1 aliphatic heterocycles. The van der Waals surface area contributed by atoms with Gasteiger partial charge in [-0.25, -0.2) is 4.79 Å². The second-order valence-electron chi connectivity index (χ2n) is 7.37. The van der Waals surface area contributed by atoms with Gasteiger partial charge in [0, 0.05) is 33.2 Å². The van der Waals surface area contributed by atoms with Gasteiger partial charge in [0.2, 0.25) is 5.91 Å². The van der Waals surface area contributed by atoms with Crippen LogP contribution in [0, 0.1) is 5.92 Å². The Morgan fingerprint density at radius 2 is 2.04 bits per heavy atom. The topological polar surface area (TPSA) is 68.5 Å². The third kappa shape index (κ3) is 4.16. The number of aromatic nitrogens is 2. The molecule has 26 heavy (non-hydrogen) atoms. The number of carbonyl (C=O) groups is 1. The Balaban J connectivity index is 1.58. The van der Waals surface area contributed by atoms with Gasteiger partial charge in [0.1, 0.15) is 6.54 Å². The molecule has 3 rings (SSSR count). The molecule has 0 spiro atoms. The normalized spacial score (nSPS) is 18.5. The van der Waals surface area contributed by atoms with Gasteiger partial charge in [-0.2, -0.15) is 0 Å². The summed E-state index contributed by atoms with van der Waals surface area (Å²) < 4.78 is 8.84. The summed E-state index contributed by atoms with van der Waals surface area (Å²) >= 11 is 0. The van der Waals surface area contributed by atoms with Gasteiger partial charge in [0.15, 0.2) is 0 Å². The summed E-state index contributed by atoms with van der Waals surface area (Å²) in [4.78, 5) is 27.1. The number of fused-ring (bicyclic) bond motifs is 1. The molecule has 0 bridgehead atoms. The third-order valence-electron chi connectivity index (χ3n) is 4.73. The minimum atomic E-state index is -0.182. The van der Waals surface area contributed by atoms with E-state index in [1.54, 1.807) is 11.6 Å². The van der Waals surface area contributed by atoms with Gasteiger partial charge >= 0.3 is 5.69 Å². The van der Waals surface area contributed by atoms with Crippen molar-refractivity contribution in [3.8, 4) is 0 Å². The number of morpholine rings is 1. The van der Waals surface area contributed by atoms with Crippen LogP contribution in [0.25, 0.3) is 11.0 Å². The van der Waals surface area contributed by atoms with Crippen LogP contribution in [0.15, 0.2) is 29.1 Å². The molecule has 2 aromatic rings. The third-order valence-corrected chi connectivity index (χ3v) is 4.73. The summed E-state index contributed by atoms with van der Waals surface area (Å²) in [6.07, 6.45) is -0.00399. The summed E-state index contributed by atoms with van der Waals surface area (Å²) in [7, 11) is 1.72. The highest BCUT2D eigenvalue weighted by molar-refractivity contribution is 5.80. The van der Waals surface area contributed by atoms with Crippen LogP contribution >= 0.6 is 0 Å². The molecule has 1 amide bonds. The molecule has 142 valence electrons. The SMILES string of the molecule is CC(C)CN1CCOC(CNC(=O)Cn2c(=O)n(C)c3ccccc32)C1. The quantitative estimate of drug-likeness (QED) is 0.828. The monoisotopic (exact) mass is 360 g/mol. The molecule has 1 aromatic heterocycles. The van der Waals surface area contributed by atoms with E-state index in [0.717, 1.165) is 30.7 Å². The van der Waals surface area contributed by atoms with Crippen molar-refractivity contribution in [1.82, 2.24) is 19.4 Å². The molecule has 1 fully saturated rings. The van der Waals surface area contributed by atoms with E-state index < -0.39 is 0 Å². The van der Waals surface area contributed by atoms with E-state index in [4.69, 9.17) is 4.74 Å². The lowest BCUT2D eigenvalue weighted by Crippen LogP contribution is -2.48. The predicted molar refractivity (Wildman–Crippen MR) is 101 cm³/mol. The molecule has 1 saturated heterocycles. The average Bonchev–Trinajstić information content (AvgIpc) is 2.85. The van der Waals surface area contributed by atoms with E-state index in [2.05, 4.69) is 24.1 Å². The van der Waals surface area contributed by atoms with Gasteiger partial charge in [-0.1, -0.05) is 26.0 Å². The lowest BCUT2D eigenvalue weighted by Gasteiger charge is -2.33. The molecule has 7 nitrogen and oxygen atoms in total. The van der Waals surface area contributed by atoms with Crippen molar-refractivity contribution >= 4 is 16.9 Å². The molecule has 1 atom stereocenters. The number of para-hydroxylation sites is 2. The van der Waals surface area contributed by atoms with Gasteiger partial charge in [-0.05, 0) is 18.1 Å². The Hall–Kier alpha value is -2.12. The first-order chi connectivity index (χ1) is 12.5. The van der Waals surface area contributed by atoms with Crippen molar-refractivity contribution in [2.75, 3.05) is 32.8 Å². The first-order valence-electron chi connectivity index (χ1n) is 9.20. The van der Waals surface area contributed by atoms with Gasteiger partial charge in [0.05, 0.1) is 23.7 Å². The molecular formula is C19H28N4O3. The molecule has 0 radical (unpaired) electrons. The molecule has 0 aliphatic carbocycles. The highest BCUT2D eigenvalue weighted by Crippen LogP contribution is 2.11. The number of amides is 1. The van der Waals surface area contributed by atoms with E-state index in [1.807, 2.05) is 24.3 Å². The van der Waals surface area contributed by atoms with Crippen LogP contribution in [-0.2, 0) is 23.1 Å². The predicted octanol–water partition coefficient (Wildman–Crippen LogP) is 0.813. The number of nitrogens with zero attached hydrogens (tertiary/aromatic N) is 3. The molecule has 1 aromatic carbocycles. The van der Waals surface area contributed by atoms with Crippen molar-refractivity contribution in [2.45, 2.75) is 26.5 Å². The Bertz CT molecular complexity index is 824. The van der Waals surface area contributed by atoms with Crippen LogP contribution < -0.4 is 11.0 Å². The minimum Gasteiger partial charge on any atom is -0.374 e. The van der Waals surface area contributed by atoms with Crippen LogP contribution in [0.3, 0.4) is 0 Å². The summed E-state index contributed by atoms with van der Waals surface area (Å²) in [6.45, 7) is 8.38. The highest BCUT2D eigenvalue weighted by Gasteiger charge is 2.21. The van der Waals surface area contributed by atoms with Gasteiger partial charge < -0.3 is 10.1 Å². The number of benzene rings is 1. The smallest absolute Gasteiger partial charge is 0.329 e. The maximum Gasteiger partial charge on any atom is 0.329 e. The minimum absolute atomic E-state index is 0.00399. The lowest BCUT2D eigenvalue weighted by molar-refractivity contribution is -0.122. The Labute approximate surface area is 153 Å². The lowest BCUT2D eigenvalue weighted by atomic mass is 10.2. The van der Waals surface area contributed by atoms with Crippen LogP contribution in [0.2, 0.25) is 0 Å². The van der Waals surface area contributed by atoms with Crippen molar-refractivity contribution in [2.24, 2.45) is 13.0 Å². The van der Waals surface area contributed by atoms with Crippen LogP contribution in [0.4, 0.5) is 0 Å². The van der Waals surface area contributed by atoms with Crippen LogP contribution in [-0.4, -0.2) is 58.8 Å². The van der Waals surface area contributed by atoms with Gasteiger partial charge in [-0.15, -0.1) is 0 Å². The van der Waals surface area contributed by atoms with Crippen molar-refractivity contribution in [3.63, 3.8) is 0 Å². The summed E-state index contributed by atoms with van der Waals surface area (Å²) in [5, 5.41) is 2.92. The summed E-state index contributed by atoms with van der Waals surface area (Å²) in [6, 6.07) is 7.49. The zero-order valence-corrected chi connectivity index (χ0v) is 15.8. The number of aryl methyl sites for hydroxylation is 1. The Kier molecular flexibility index (Phi) is 5.78.